The molecule has 0 unspecified atom stereocenters. The molecule has 7 nitrogen and oxygen atoms in total. The maximum absolute atomic E-state index is 11.7. The number of rotatable bonds is 4. The molecular formula is C13H9ClN4O3. The van der Waals surface area contributed by atoms with Crippen LogP contribution in [0.3, 0.4) is 0 Å². The Morgan fingerprint density at radius 3 is 2.86 bits per heavy atom. The van der Waals surface area contributed by atoms with Crippen LogP contribution in [0.1, 0.15) is 16.1 Å². The lowest BCUT2D eigenvalue weighted by atomic mass is 10.2. The number of amides is 1. The van der Waals surface area contributed by atoms with Crippen LogP contribution < -0.4 is 5.43 Å². The van der Waals surface area contributed by atoms with E-state index in [-0.39, 0.29) is 16.4 Å². The van der Waals surface area contributed by atoms with Crippen LogP contribution >= 0.6 is 11.6 Å². The first-order chi connectivity index (χ1) is 10.1. The fourth-order valence-electron chi connectivity index (χ4n) is 1.46. The van der Waals surface area contributed by atoms with Gasteiger partial charge in [0, 0.05) is 28.9 Å². The highest BCUT2D eigenvalue weighted by molar-refractivity contribution is 6.33. The Hall–Kier alpha value is -2.80. The molecule has 21 heavy (non-hydrogen) atoms. The lowest BCUT2D eigenvalue weighted by Gasteiger charge is -1.99. The molecule has 0 saturated carbocycles. The van der Waals surface area contributed by atoms with E-state index in [1.165, 1.54) is 36.7 Å². The number of hydrogen-bond acceptors (Lipinski definition) is 5. The number of hydrazone groups is 1. The van der Waals surface area contributed by atoms with Gasteiger partial charge in [0.25, 0.3) is 11.6 Å². The van der Waals surface area contributed by atoms with Gasteiger partial charge in [-0.05, 0) is 18.2 Å². The van der Waals surface area contributed by atoms with Crippen molar-refractivity contribution in [2.45, 2.75) is 0 Å². The van der Waals surface area contributed by atoms with E-state index in [2.05, 4.69) is 15.5 Å². The van der Waals surface area contributed by atoms with Crippen LogP contribution in [0.4, 0.5) is 5.69 Å². The second-order valence-electron chi connectivity index (χ2n) is 3.88. The van der Waals surface area contributed by atoms with E-state index >= 15 is 0 Å². The van der Waals surface area contributed by atoms with Gasteiger partial charge in [0.1, 0.15) is 5.69 Å². The van der Waals surface area contributed by atoms with Crippen LogP contribution in [0.25, 0.3) is 0 Å². The Balaban J connectivity index is 2.10. The van der Waals surface area contributed by atoms with Gasteiger partial charge in [0.2, 0.25) is 0 Å². The third kappa shape index (κ3) is 3.83. The highest BCUT2D eigenvalue weighted by atomic mass is 35.5. The molecule has 0 aliphatic rings. The van der Waals surface area contributed by atoms with Gasteiger partial charge in [-0.1, -0.05) is 17.7 Å². The summed E-state index contributed by atoms with van der Waals surface area (Å²) in [6.45, 7) is 0. The van der Waals surface area contributed by atoms with Gasteiger partial charge in [-0.2, -0.15) is 5.10 Å². The zero-order valence-electron chi connectivity index (χ0n) is 10.6. The van der Waals surface area contributed by atoms with Gasteiger partial charge in [0.15, 0.2) is 0 Å². The molecule has 1 N–H and O–H groups in total. The number of aromatic nitrogens is 1. The molecule has 1 aromatic carbocycles. The summed E-state index contributed by atoms with van der Waals surface area (Å²) in [4.78, 5) is 25.7. The first-order valence-electron chi connectivity index (χ1n) is 5.76. The van der Waals surface area contributed by atoms with Crippen molar-refractivity contribution >= 4 is 29.4 Å². The minimum Gasteiger partial charge on any atom is -0.266 e. The first kappa shape index (κ1) is 14.6. The van der Waals surface area contributed by atoms with Gasteiger partial charge in [-0.25, -0.2) is 5.43 Å². The van der Waals surface area contributed by atoms with Crippen LogP contribution in [0.2, 0.25) is 5.02 Å². The fourth-order valence-corrected chi connectivity index (χ4v) is 1.62. The van der Waals surface area contributed by atoms with E-state index in [9.17, 15) is 14.9 Å². The van der Waals surface area contributed by atoms with Crippen molar-refractivity contribution in [3.63, 3.8) is 0 Å². The van der Waals surface area contributed by atoms with Crippen LogP contribution in [0, 0.1) is 10.1 Å². The van der Waals surface area contributed by atoms with Crippen LogP contribution in [0.15, 0.2) is 47.7 Å². The molecule has 2 aromatic rings. The fraction of sp³-hybridized carbons (Fsp3) is 0. The Bertz CT molecular complexity index is 704. The average Bonchev–Trinajstić information content (AvgIpc) is 2.49. The summed E-state index contributed by atoms with van der Waals surface area (Å²) in [6.07, 6.45) is 2.71. The molecule has 106 valence electrons. The normalized spacial score (nSPS) is 10.5. The van der Waals surface area contributed by atoms with Gasteiger partial charge < -0.3 is 0 Å². The summed E-state index contributed by atoms with van der Waals surface area (Å²) in [5.41, 5.74) is 2.68. The third-order valence-electron chi connectivity index (χ3n) is 2.46. The smallest absolute Gasteiger partial charge is 0.266 e. The Kier molecular flexibility index (Phi) is 4.57. The van der Waals surface area contributed by atoms with Crippen molar-refractivity contribution in [1.29, 1.82) is 0 Å². The second kappa shape index (κ2) is 6.58. The molecule has 8 heteroatoms. The number of nitro groups is 1. The van der Waals surface area contributed by atoms with Crippen LogP contribution in [-0.4, -0.2) is 22.0 Å². The topological polar surface area (TPSA) is 97.5 Å². The average molecular weight is 305 g/mol. The molecule has 0 radical (unpaired) electrons. The maximum Gasteiger partial charge on any atom is 0.289 e. The molecule has 1 aromatic heterocycles. The number of halogens is 1. The van der Waals surface area contributed by atoms with E-state index in [0.717, 1.165) is 0 Å². The van der Waals surface area contributed by atoms with Crippen molar-refractivity contribution in [2.24, 2.45) is 5.10 Å². The molecule has 1 heterocycles. The predicted molar refractivity (Wildman–Crippen MR) is 77.4 cm³/mol. The summed E-state index contributed by atoms with van der Waals surface area (Å²) in [5, 5.41) is 14.7. The van der Waals surface area contributed by atoms with E-state index in [4.69, 9.17) is 11.6 Å². The van der Waals surface area contributed by atoms with Crippen molar-refractivity contribution in [1.82, 2.24) is 10.4 Å². The lowest BCUT2D eigenvalue weighted by Crippen LogP contribution is -2.18. The number of carbonyl (C=O) groups excluding carboxylic acids is 1. The number of nitro benzene ring substituents is 1. The number of hydrogen-bond donors (Lipinski definition) is 1. The van der Waals surface area contributed by atoms with Gasteiger partial charge in [-0.15, -0.1) is 0 Å². The molecule has 0 bridgehead atoms. The summed E-state index contributed by atoms with van der Waals surface area (Å²) in [6, 6.07) is 8.82. The Morgan fingerprint density at radius 2 is 2.19 bits per heavy atom. The molecule has 0 fully saturated rings. The highest BCUT2D eigenvalue weighted by Crippen LogP contribution is 2.20. The molecule has 1 amide bonds. The van der Waals surface area contributed by atoms with E-state index in [1.807, 2.05) is 0 Å². The zero-order chi connectivity index (χ0) is 15.2. The monoisotopic (exact) mass is 304 g/mol. The lowest BCUT2D eigenvalue weighted by molar-refractivity contribution is -0.384. The van der Waals surface area contributed by atoms with E-state index in [1.54, 1.807) is 12.1 Å². The van der Waals surface area contributed by atoms with Crippen molar-refractivity contribution in [2.75, 3.05) is 0 Å². The predicted octanol–water partition coefficient (Wildman–Crippen LogP) is 2.41. The Morgan fingerprint density at radius 1 is 1.38 bits per heavy atom. The van der Waals surface area contributed by atoms with Gasteiger partial charge in [0.05, 0.1) is 11.1 Å². The van der Waals surface area contributed by atoms with Crippen LogP contribution in [-0.2, 0) is 0 Å². The molecular weight excluding hydrogens is 296 g/mol. The van der Waals surface area contributed by atoms with Crippen molar-refractivity contribution < 1.29 is 9.72 Å². The van der Waals surface area contributed by atoms with Crippen LogP contribution in [0.5, 0.6) is 0 Å². The summed E-state index contributed by atoms with van der Waals surface area (Å²) in [7, 11) is 0. The van der Waals surface area contributed by atoms with Crippen molar-refractivity contribution in [3.05, 3.63) is 69.0 Å². The summed E-state index contributed by atoms with van der Waals surface area (Å²) >= 11 is 5.89. The zero-order valence-corrected chi connectivity index (χ0v) is 11.3. The standard InChI is InChI=1S/C13H9ClN4O3/c14-11-5-4-10(18(20)21)7-9(11)8-16-17-13(19)12-3-1-2-6-15-12/h1-8H,(H,17,19)/b16-8+. The number of non-ortho nitro benzene ring substituents is 1. The highest BCUT2D eigenvalue weighted by Gasteiger charge is 2.08. The van der Waals surface area contributed by atoms with E-state index < -0.39 is 10.8 Å². The number of pyridine rings is 1. The van der Waals surface area contributed by atoms with Gasteiger partial charge >= 0.3 is 0 Å². The second-order valence-corrected chi connectivity index (χ2v) is 4.28. The number of carbonyl (C=O) groups is 1. The number of nitrogens with zero attached hydrogens (tertiary/aromatic N) is 3. The SMILES string of the molecule is O=C(N/N=C/c1cc([N+](=O)[O-])ccc1Cl)c1ccccn1. The number of benzene rings is 1. The molecule has 0 aliphatic heterocycles. The molecule has 2 rings (SSSR count). The molecule has 0 atom stereocenters. The molecule has 0 saturated heterocycles. The minimum absolute atomic E-state index is 0.114. The van der Waals surface area contributed by atoms with Gasteiger partial charge in [-0.3, -0.25) is 19.9 Å². The summed E-state index contributed by atoms with van der Waals surface area (Å²) < 4.78 is 0. The minimum atomic E-state index is -0.542. The largest absolute Gasteiger partial charge is 0.289 e. The maximum atomic E-state index is 11.7. The first-order valence-corrected chi connectivity index (χ1v) is 6.14. The summed E-state index contributed by atoms with van der Waals surface area (Å²) in [5.74, 6) is -0.492. The Labute approximate surface area is 124 Å². The molecule has 0 spiro atoms. The molecule has 0 aliphatic carbocycles. The number of nitrogens with one attached hydrogen (secondary N) is 1. The third-order valence-corrected chi connectivity index (χ3v) is 2.80. The van der Waals surface area contributed by atoms with Crippen molar-refractivity contribution in [3.8, 4) is 0 Å². The quantitative estimate of drug-likeness (QED) is 0.533. The van der Waals surface area contributed by atoms with E-state index in [0.29, 0.717) is 5.56 Å².